The van der Waals surface area contributed by atoms with Gasteiger partial charge in [-0.3, -0.25) is 8.37 Å². The quantitative estimate of drug-likeness (QED) is 0.379. The molecule has 10 atom stereocenters. The van der Waals surface area contributed by atoms with Gasteiger partial charge < -0.3 is 0 Å². The molecule has 0 heterocycles. The minimum absolute atomic E-state index is 0.0327. The molecule has 0 amide bonds. The molecule has 5 saturated carbocycles. The molecule has 0 saturated heterocycles. The van der Waals surface area contributed by atoms with Crippen molar-refractivity contribution in [2.24, 2.45) is 59.2 Å². The molecule has 0 N–H and O–H groups in total. The minimum Gasteiger partial charge on any atom is -0.266 e. The predicted octanol–water partition coefficient (Wildman–Crippen LogP) is 4.20. The summed E-state index contributed by atoms with van der Waals surface area (Å²) in [5.41, 5.74) is 1.96. The van der Waals surface area contributed by atoms with Crippen LogP contribution >= 0.6 is 0 Å². The molecular weight excluding hydrogens is 496 g/mol. The molecule has 8 bridgehead atoms. The standard InChI is InChI=1S/C28H30O6S2/c1-15-3-7-17(8-4-15)35(29,30)33-13-21-22(14-34-36(31,32)18-9-5-16(2)6-10-18)27-25-20-12-11-19-23(20)28(27)26(21)24(19)25/h3-12,19-28H,13-14H2,1-2H3/t19-,20-,21-,22-,23?,24-,25+,26-,27+,28?/m0/s1. The number of benzene rings is 2. The molecular formula is C28H30O6S2. The van der Waals surface area contributed by atoms with Crippen molar-refractivity contribution in [3.63, 3.8) is 0 Å². The van der Waals surface area contributed by atoms with E-state index in [1.807, 2.05) is 13.8 Å². The van der Waals surface area contributed by atoms with E-state index in [2.05, 4.69) is 12.2 Å². The fourth-order valence-corrected chi connectivity index (χ4v) is 10.8. The van der Waals surface area contributed by atoms with Crippen molar-refractivity contribution in [1.82, 2.24) is 0 Å². The summed E-state index contributed by atoms with van der Waals surface area (Å²) in [5.74, 6) is 4.16. The molecule has 2 unspecified atom stereocenters. The SMILES string of the molecule is Cc1ccc(S(=O)(=O)OC[C@H]2[C@H](COS(=O)(=O)c3ccc(C)cc3)[C@@H]3C4C5[C@@H]6C=C[C@@H]5[C@@H]([C@H]42)[C@@H]36)cc1. The van der Waals surface area contributed by atoms with Gasteiger partial charge in [0, 0.05) is 0 Å². The highest BCUT2D eigenvalue weighted by Gasteiger charge is 2.80. The first-order valence-corrected chi connectivity index (χ1v) is 15.6. The van der Waals surface area contributed by atoms with E-state index < -0.39 is 20.2 Å². The second kappa shape index (κ2) is 7.76. The summed E-state index contributed by atoms with van der Waals surface area (Å²) in [5, 5.41) is 0. The van der Waals surface area contributed by atoms with Crippen molar-refractivity contribution in [2.45, 2.75) is 23.6 Å². The van der Waals surface area contributed by atoms with Gasteiger partial charge in [-0.1, -0.05) is 47.5 Å². The Morgan fingerprint density at radius 1 is 0.556 bits per heavy atom. The van der Waals surface area contributed by atoms with Crippen LogP contribution in [0.5, 0.6) is 0 Å². The van der Waals surface area contributed by atoms with Crippen molar-refractivity contribution >= 4 is 20.2 Å². The summed E-state index contributed by atoms with van der Waals surface area (Å²) in [6, 6.07) is 13.3. The molecule has 6 aliphatic carbocycles. The van der Waals surface area contributed by atoms with Crippen LogP contribution in [0, 0.1) is 73.0 Å². The van der Waals surface area contributed by atoms with Crippen LogP contribution in [-0.4, -0.2) is 30.0 Å². The Morgan fingerprint density at radius 3 is 1.33 bits per heavy atom. The summed E-state index contributed by atoms with van der Waals surface area (Å²) in [6.45, 7) is 3.96. The largest absolute Gasteiger partial charge is 0.296 e. The normalized spacial score (nSPS) is 39.1. The average Bonchev–Trinajstić information content (AvgIpc) is 3.65. The maximum atomic E-state index is 13.0. The van der Waals surface area contributed by atoms with Crippen molar-refractivity contribution in [3.05, 3.63) is 71.8 Å². The highest BCUT2D eigenvalue weighted by molar-refractivity contribution is 7.87. The van der Waals surface area contributed by atoms with Crippen molar-refractivity contribution < 1.29 is 25.2 Å². The smallest absolute Gasteiger partial charge is 0.266 e. The Morgan fingerprint density at radius 2 is 0.944 bits per heavy atom. The topological polar surface area (TPSA) is 86.7 Å². The fraction of sp³-hybridized carbons (Fsp3) is 0.500. The summed E-state index contributed by atoms with van der Waals surface area (Å²) < 4.78 is 63.2. The van der Waals surface area contributed by atoms with Crippen LogP contribution in [0.1, 0.15) is 11.1 Å². The van der Waals surface area contributed by atoms with Gasteiger partial charge in [0.25, 0.3) is 20.2 Å². The van der Waals surface area contributed by atoms with Gasteiger partial charge >= 0.3 is 0 Å². The van der Waals surface area contributed by atoms with Gasteiger partial charge in [-0.25, -0.2) is 0 Å². The van der Waals surface area contributed by atoms with Crippen LogP contribution in [-0.2, 0) is 28.6 Å². The monoisotopic (exact) mass is 526 g/mol. The third-order valence-corrected chi connectivity index (χ3v) is 12.6. The summed E-state index contributed by atoms with van der Waals surface area (Å²) in [7, 11) is -7.79. The van der Waals surface area contributed by atoms with Gasteiger partial charge in [-0.05, 0) is 97.3 Å². The molecule has 5 fully saturated rings. The molecule has 0 radical (unpaired) electrons. The summed E-state index contributed by atoms with van der Waals surface area (Å²) in [6.07, 6.45) is 4.75. The number of rotatable bonds is 8. The van der Waals surface area contributed by atoms with E-state index in [1.165, 1.54) is 0 Å². The maximum Gasteiger partial charge on any atom is 0.296 e. The molecule has 6 nitrogen and oxygen atoms in total. The Hall–Kier alpha value is -2.00. The lowest BCUT2D eigenvalue weighted by molar-refractivity contribution is 0.0329. The van der Waals surface area contributed by atoms with Crippen LogP contribution < -0.4 is 0 Å². The highest BCUT2D eigenvalue weighted by atomic mass is 32.2. The first kappa shape index (κ1) is 23.1. The molecule has 8 rings (SSSR count). The Bertz CT molecular complexity index is 1330. The molecule has 2 aromatic carbocycles. The van der Waals surface area contributed by atoms with E-state index in [0.29, 0.717) is 47.3 Å². The van der Waals surface area contributed by atoms with E-state index >= 15 is 0 Å². The lowest BCUT2D eigenvalue weighted by atomic mass is 9.65. The molecule has 8 heteroatoms. The zero-order valence-electron chi connectivity index (χ0n) is 20.2. The molecule has 6 aliphatic rings. The van der Waals surface area contributed by atoms with Crippen LogP contribution in [0.4, 0.5) is 0 Å². The average molecular weight is 527 g/mol. The number of allylic oxidation sites excluding steroid dienone is 2. The van der Waals surface area contributed by atoms with E-state index in [1.54, 1.807) is 48.5 Å². The molecule has 0 aliphatic heterocycles. The Balaban J connectivity index is 1.14. The molecule has 0 spiro atoms. The zero-order chi connectivity index (χ0) is 25.0. The van der Waals surface area contributed by atoms with Gasteiger partial charge in [0.2, 0.25) is 0 Å². The number of hydrogen-bond donors (Lipinski definition) is 0. The highest BCUT2D eigenvalue weighted by Crippen LogP contribution is 2.82. The van der Waals surface area contributed by atoms with Crippen molar-refractivity contribution in [1.29, 1.82) is 0 Å². The molecule has 0 aromatic heterocycles. The second-order valence-corrected chi connectivity index (χ2v) is 14.7. The van der Waals surface area contributed by atoms with Crippen molar-refractivity contribution in [3.8, 4) is 0 Å². The van der Waals surface area contributed by atoms with Crippen molar-refractivity contribution in [2.75, 3.05) is 13.2 Å². The van der Waals surface area contributed by atoms with Gasteiger partial charge in [0.05, 0.1) is 23.0 Å². The van der Waals surface area contributed by atoms with Gasteiger partial charge in [-0.2, -0.15) is 16.8 Å². The summed E-state index contributed by atoms with van der Waals surface area (Å²) in [4.78, 5) is 0.303. The third-order valence-electron chi connectivity index (χ3n) is 9.99. The van der Waals surface area contributed by atoms with E-state index in [4.69, 9.17) is 8.37 Å². The minimum atomic E-state index is -3.90. The Kier molecular flexibility index (Phi) is 4.99. The lowest BCUT2D eigenvalue weighted by Gasteiger charge is -2.41. The fourth-order valence-electron chi connectivity index (χ4n) is 8.94. The summed E-state index contributed by atoms with van der Waals surface area (Å²) >= 11 is 0. The number of aryl methyl sites for hydroxylation is 2. The first-order chi connectivity index (χ1) is 17.2. The van der Waals surface area contributed by atoms with E-state index in [-0.39, 0.29) is 34.8 Å². The van der Waals surface area contributed by atoms with Crippen LogP contribution in [0.25, 0.3) is 0 Å². The maximum absolute atomic E-state index is 13.0. The Labute approximate surface area is 213 Å². The predicted molar refractivity (Wildman–Crippen MR) is 133 cm³/mol. The van der Waals surface area contributed by atoms with Crippen LogP contribution in [0.15, 0.2) is 70.5 Å². The van der Waals surface area contributed by atoms with Gasteiger partial charge in [0.15, 0.2) is 0 Å². The molecule has 36 heavy (non-hydrogen) atoms. The first-order valence-electron chi connectivity index (χ1n) is 12.8. The van der Waals surface area contributed by atoms with Gasteiger partial charge in [0.1, 0.15) is 0 Å². The zero-order valence-corrected chi connectivity index (χ0v) is 21.9. The molecule has 2 aromatic rings. The second-order valence-electron chi connectivity index (χ2n) is 11.4. The van der Waals surface area contributed by atoms with Crippen LogP contribution in [0.2, 0.25) is 0 Å². The third kappa shape index (κ3) is 3.14. The van der Waals surface area contributed by atoms with Crippen LogP contribution in [0.3, 0.4) is 0 Å². The van der Waals surface area contributed by atoms with E-state index in [9.17, 15) is 16.8 Å². The molecule has 190 valence electrons. The van der Waals surface area contributed by atoms with Gasteiger partial charge in [-0.15, -0.1) is 0 Å². The lowest BCUT2D eigenvalue weighted by Crippen LogP contribution is -2.41. The number of hydrogen-bond acceptors (Lipinski definition) is 6. The van der Waals surface area contributed by atoms with E-state index in [0.717, 1.165) is 11.1 Å².